The van der Waals surface area contributed by atoms with E-state index in [4.69, 9.17) is 0 Å². The molecule has 1 heterocycles. The normalized spacial score (nSPS) is 14.9. The highest BCUT2D eigenvalue weighted by molar-refractivity contribution is 5.83. The second-order valence-corrected chi connectivity index (χ2v) is 6.79. The highest BCUT2D eigenvalue weighted by atomic mass is 16.1. The van der Waals surface area contributed by atoms with Crippen molar-refractivity contribution in [3.63, 3.8) is 0 Å². The molecule has 0 aliphatic carbocycles. The molecule has 0 bridgehead atoms. The number of carbonyl (C=O) groups is 1. The second kappa shape index (κ2) is 9.30. The summed E-state index contributed by atoms with van der Waals surface area (Å²) < 4.78 is 0. The summed E-state index contributed by atoms with van der Waals surface area (Å²) in [5.41, 5.74) is 2.40. The average molecular weight is 330 g/mol. The minimum Gasteiger partial charge on any atom is -0.356 e. The molecule has 1 amide bonds. The summed E-state index contributed by atoms with van der Waals surface area (Å²) in [6, 6.07) is 8.43. The predicted molar refractivity (Wildman–Crippen MR) is 99.3 cm³/mol. The van der Waals surface area contributed by atoms with Crippen molar-refractivity contribution in [3.8, 4) is 0 Å². The highest BCUT2D eigenvalue weighted by Gasteiger charge is 2.14. The van der Waals surface area contributed by atoms with Crippen LogP contribution in [0.5, 0.6) is 0 Å². The Morgan fingerprint density at radius 1 is 1.21 bits per heavy atom. The van der Waals surface area contributed by atoms with Gasteiger partial charge in [0.1, 0.15) is 0 Å². The molecule has 0 unspecified atom stereocenters. The number of benzene rings is 1. The van der Waals surface area contributed by atoms with Crippen molar-refractivity contribution in [1.82, 2.24) is 16.0 Å². The van der Waals surface area contributed by atoms with Crippen LogP contribution >= 0.6 is 0 Å². The molecule has 2 rings (SSSR count). The van der Waals surface area contributed by atoms with Gasteiger partial charge in [0, 0.05) is 19.6 Å². The maximum atomic E-state index is 12.3. The molecule has 0 saturated heterocycles. The third kappa shape index (κ3) is 5.87. The Morgan fingerprint density at radius 2 is 1.96 bits per heavy atom. The van der Waals surface area contributed by atoms with Crippen LogP contribution in [-0.2, 0) is 11.2 Å². The van der Waals surface area contributed by atoms with E-state index >= 15 is 0 Å². The average Bonchev–Trinajstić information content (AvgIpc) is 3.07. The van der Waals surface area contributed by atoms with Crippen LogP contribution in [0, 0.1) is 5.92 Å². The minimum atomic E-state index is -0.119. The highest BCUT2D eigenvalue weighted by Crippen LogP contribution is 2.17. The van der Waals surface area contributed by atoms with Crippen molar-refractivity contribution in [2.24, 2.45) is 10.9 Å². The fraction of sp³-hybridized carbons (Fsp3) is 0.579. The SMILES string of the molecule is CC(C)Cc1ccc([C@@H](C)C(=O)NCCCNC2=NCCN2)cc1. The van der Waals surface area contributed by atoms with Crippen LogP contribution in [-0.4, -0.2) is 38.0 Å². The summed E-state index contributed by atoms with van der Waals surface area (Å²) in [5, 5.41) is 9.40. The predicted octanol–water partition coefficient (Wildman–Crippen LogP) is 2.04. The van der Waals surface area contributed by atoms with E-state index in [1.54, 1.807) is 0 Å². The quantitative estimate of drug-likeness (QED) is 0.639. The number of aliphatic imine (C=N–C) groups is 1. The number of nitrogens with one attached hydrogen (secondary N) is 3. The van der Waals surface area contributed by atoms with Crippen LogP contribution in [0.1, 0.15) is 44.2 Å². The van der Waals surface area contributed by atoms with Crippen molar-refractivity contribution < 1.29 is 4.79 Å². The molecule has 3 N–H and O–H groups in total. The molecule has 1 aromatic rings. The number of carbonyl (C=O) groups excluding carboxylic acids is 1. The summed E-state index contributed by atoms with van der Waals surface area (Å²) >= 11 is 0. The molecule has 0 aromatic heterocycles. The Kier molecular flexibility index (Phi) is 7.09. The molecule has 5 heteroatoms. The van der Waals surface area contributed by atoms with Gasteiger partial charge in [-0.15, -0.1) is 0 Å². The Balaban J connectivity index is 1.69. The van der Waals surface area contributed by atoms with Gasteiger partial charge in [0.15, 0.2) is 5.96 Å². The molecule has 1 aliphatic heterocycles. The van der Waals surface area contributed by atoms with Crippen molar-refractivity contribution in [1.29, 1.82) is 0 Å². The van der Waals surface area contributed by atoms with Crippen molar-refractivity contribution in [2.75, 3.05) is 26.2 Å². The van der Waals surface area contributed by atoms with E-state index < -0.39 is 0 Å². The van der Waals surface area contributed by atoms with E-state index in [9.17, 15) is 4.79 Å². The topological polar surface area (TPSA) is 65.5 Å². The van der Waals surface area contributed by atoms with E-state index in [1.165, 1.54) is 5.56 Å². The van der Waals surface area contributed by atoms with Gasteiger partial charge < -0.3 is 16.0 Å². The van der Waals surface area contributed by atoms with Gasteiger partial charge in [-0.25, -0.2) is 0 Å². The van der Waals surface area contributed by atoms with Crippen molar-refractivity contribution >= 4 is 11.9 Å². The van der Waals surface area contributed by atoms with Gasteiger partial charge in [-0.2, -0.15) is 0 Å². The molecule has 1 atom stereocenters. The Hall–Kier alpha value is -2.04. The number of hydrogen-bond donors (Lipinski definition) is 3. The summed E-state index contributed by atoms with van der Waals surface area (Å²) in [6.45, 7) is 9.63. The molecule has 0 spiro atoms. The zero-order valence-corrected chi connectivity index (χ0v) is 15.1. The summed E-state index contributed by atoms with van der Waals surface area (Å²) in [6.07, 6.45) is 1.96. The molecule has 1 aliphatic rings. The number of hydrogen-bond acceptors (Lipinski definition) is 4. The van der Waals surface area contributed by atoms with E-state index in [2.05, 4.69) is 59.1 Å². The van der Waals surface area contributed by atoms with Crippen molar-refractivity contribution in [3.05, 3.63) is 35.4 Å². The maximum absolute atomic E-state index is 12.3. The molecule has 5 nitrogen and oxygen atoms in total. The summed E-state index contributed by atoms with van der Waals surface area (Å²) in [7, 11) is 0. The molecular weight excluding hydrogens is 300 g/mol. The van der Waals surface area contributed by atoms with Crippen LogP contribution in [0.15, 0.2) is 29.3 Å². The first-order chi connectivity index (χ1) is 11.6. The van der Waals surface area contributed by atoms with Gasteiger partial charge in [-0.3, -0.25) is 9.79 Å². The lowest BCUT2D eigenvalue weighted by molar-refractivity contribution is -0.122. The lowest BCUT2D eigenvalue weighted by atomic mass is 9.96. The van der Waals surface area contributed by atoms with E-state index in [0.717, 1.165) is 44.0 Å². The fourth-order valence-electron chi connectivity index (χ4n) is 2.74. The number of nitrogens with zero attached hydrogens (tertiary/aromatic N) is 1. The smallest absolute Gasteiger partial charge is 0.227 e. The number of guanidine groups is 1. The zero-order chi connectivity index (χ0) is 17.4. The van der Waals surface area contributed by atoms with Crippen LogP contribution in [0.3, 0.4) is 0 Å². The number of rotatable bonds is 8. The third-order valence-corrected chi connectivity index (χ3v) is 4.14. The monoisotopic (exact) mass is 330 g/mol. The Labute approximate surface area is 145 Å². The van der Waals surface area contributed by atoms with Gasteiger partial charge in [-0.1, -0.05) is 38.1 Å². The number of amides is 1. The molecule has 24 heavy (non-hydrogen) atoms. The largest absolute Gasteiger partial charge is 0.356 e. The molecular formula is C19H30N4O. The van der Waals surface area contributed by atoms with Gasteiger partial charge in [0.25, 0.3) is 0 Å². The lowest BCUT2D eigenvalue weighted by Crippen LogP contribution is -2.36. The van der Waals surface area contributed by atoms with Crippen LogP contribution < -0.4 is 16.0 Å². The molecule has 0 fully saturated rings. The first-order valence-electron chi connectivity index (χ1n) is 8.95. The first kappa shape index (κ1) is 18.3. The van der Waals surface area contributed by atoms with Crippen LogP contribution in [0.4, 0.5) is 0 Å². The lowest BCUT2D eigenvalue weighted by Gasteiger charge is -2.14. The van der Waals surface area contributed by atoms with E-state index in [0.29, 0.717) is 12.5 Å². The van der Waals surface area contributed by atoms with E-state index in [1.807, 2.05) is 6.92 Å². The second-order valence-electron chi connectivity index (χ2n) is 6.79. The molecule has 0 radical (unpaired) electrons. The molecule has 0 saturated carbocycles. The fourth-order valence-corrected chi connectivity index (χ4v) is 2.74. The Morgan fingerprint density at radius 3 is 2.58 bits per heavy atom. The van der Waals surface area contributed by atoms with Gasteiger partial charge in [-0.05, 0) is 36.8 Å². The first-order valence-corrected chi connectivity index (χ1v) is 8.95. The third-order valence-electron chi connectivity index (χ3n) is 4.14. The zero-order valence-electron chi connectivity index (χ0n) is 15.1. The maximum Gasteiger partial charge on any atom is 0.227 e. The molecule has 132 valence electrons. The van der Waals surface area contributed by atoms with Gasteiger partial charge in [0.2, 0.25) is 5.91 Å². The summed E-state index contributed by atoms with van der Waals surface area (Å²) in [5.74, 6) is 1.49. The van der Waals surface area contributed by atoms with Crippen molar-refractivity contribution in [2.45, 2.75) is 39.5 Å². The van der Waals surface area contributed by atoms with E-state index in [-0.39, 0.29) is 11.8 Å². The van der Waals surface area contributed by atoms with Crippen LogP contribution in [0.25, 0.3) is 0 Å². The Bertz CT molecular complexity index is 551. The van der Waals surface area contributed by atoms with Gasteiger partial charge >= 0.3 is 0 Å². The molecule has 1 aromatic carbocycles. The van der Waals surface area contributed by atoms with Crippen LogP contribution in [0.2, 0.25) is 0 Å². The summed E-state index contributed by atoms with van der Waals surface area (Å²) in [4.78, 5) is 16.5. The minimum absolute atomic E-state index is 0.0861. The standard InChI is InChI=1S/C19H30N4O/c1-14(2)13-16-5-7-17(8-6-16)15(3)18(24)20-9-4-10-21-19-22-11-12-23-19/h5-8,14-15H,4,9-13H2,1-3H3,(H,20,24)(H2,21,22,23)/t15-/m1/s1. The van der Waals surface area contributed by atoms with Gasteiger partial charge in [0.05, 0.1) is 12.5 Å².